The first-order chi connectivity index (χ1) is 10.7. The Morgan fingerprint density at radius 1 is 1.05 bits per heavy atom. The van der Waals surface area contributed by atoms with Gasteiger partial charge in [0, 0.05) is 16.1 Å². The minimum atomic E-state index is 0.481. The van der Waals surface area contributed by atoms with Gasteiger partial charge in [0.25, 0.3) is 0 Å². The summed E-state index contributed by atoms with van der Waals surface area (Å²) in [5.41, 5.74) is 7.42. The highest BCUT2D eigenvalue weighted by Gasteiger charge is 2.04. The lowest BCUT2D eigenvalue weighted by molar-refractivity contribution is 0.309. The van der Waals surface area contributed by atoms with Crippen molar-refractivity contribution < 1.29 is 4.74 Å². The molecule has 1 aromatic heterocycles. The van der Waals surface area contributed by atoms with Crippen molar-refractivity contribution in [2.45, 2.75) is 13.5 Å². The van der Waals surface area contributed by atoms with E-state index in [0.717, 1.165) is 32.9 Å². The van der Waals surface area contributed by atoms with Crippen LogP contribution in [0.2, 0.25) is 5.02 Å². The molecule has 2 aromatic carbocycles. The van der Waals surface area contributed by atoms with E-state index in [-0.39, 0.29) is 0 Å². The highest BCUT2D eigenvalue weighted by atomic mass is 35.5. The molecular formula is C18H19ClN2O. The van der Waals surface area contributed by atoms with Gasteiger partial charge in [-0.05, 0) is 43.8 Å². The second-order valence-electron chi connectivity index (χ2n) is 4.70. The molecule has 4 heteroatoms. The minimum absolute atomic E-state index is 0.481. The maximum absolute atomic E-state index is 5.97. The Balaban J connectivity index is 0.000000847. The number of ether oxygens (including phenoxy) is 1. The van der Waals surface area contributed by atoms with Crippen LogP contribution in [0.4, 0.5) is 0 Å². The van der Waals surface area contributed by atoms with Gasteiger partial charge >= 0.3 is 0 Å². The molecule has 0 spiro atoms. The second-order valence-corrected chi connectivity index (χ2v) is 5.14. The highest BCUT2D eigenvalue weighted by molar-refractivity contribution is 6.30. The van der Waals surface area contributed by atoms with Crippen LogP contribution in [0.25, 0.3) is 10.9 Å². The van der Waals surface area contributed by atoms with Crippen molar-refractivity contribution in [2.75, 3.05) is 7.05 Å². The Morgan fingerprint density at radius 3 is 2.59 bits per heavy atom. The lowest BCUT2D eigenvalue weighted by Crippen LogP contribution is -1.97. The SMILES string of the molecule is CN.Cc1ccc2cccc(OCc3cccc(Cl)c3)c2n1. The van der Waals surface area contributed by atoms with Crippen molar-refractivity contribution in [3.05, 3.63) is 70.9 Å². The van der Waals surface area contributed by atoms with Crippen LogP contribution in [0.1, 0.15) is 11.3 Å². The molecule has 0 saturated heterocycles. The quantitative estimate of drug-likeness (QED) is 0.781. The molecule has 3 nitrogen and oxygen atoms in total. The summed E-state index contributed by atoms with van der Waals surface area (Å²) < 4.78 is 5.89. The molecule has 114 valence electrons. The molecule has 22 heavy (non-hydrogen) atoms. The van der Waals surface area contributed by atoms with Crippen LogP contribution in [0.3, 0.4) is 0 Å². The first-order valence-electron chi connectivity index (χ1n) is 7.04. The van der Waals surface area contributed by atoms with Gasteiger partial charge in [0.1, 0.15) is 17.9 Å². The zero-order valence-electron chi connectivity index (χ0n) is 12.7. The molecule has 0 saturated carbocycles. The van der Waals surface area contributed by atoms with E-state index in [1.807, 2.05) is 55.5 Å². The van der Waals surface area contributed by atoms with E-state index < -0.39 is 0 Å². The molecule has 0 aliphatic rings. The van der Waals surface area contributed by atoms with Gasteiger partial charge in [-0.2, -0.15) is 0 Å². The molecule has 0 unspecified atom stereocenters. The number of aryl methyl sites for hydroxylation is 1. The van der Waals surface area contributed by atoms with E-state index in [1.54, 1.807) is 0 Å². The van der Waals surface area contributed by atoms with Gasteiger partial charge in [0.2, 0.25) is 0 Å². The summed E-state index contributed by atoms with van der Waals surface area (Å²) in [6.45, 7) is 2.46. The summed E-state index contributed by atoms with van der Waals surface area (Å²) in [5.74, 6) is 0.797. The van der Waals surface area contributed by atoms with Crippen molar-refractivity contribution in [3.63, 3.8) is 0 Å². The molecular weight excluding hydrogens is 296 g/mol. The lowest BCUT2D eigenvalue weighted by Gasteiger charge is -2.09. The number of para-hydroxylation sites is 1. The number of fused-ring (bicyclic) bond motifs is 1. The molecule has 3 aromatic rings. The highest BCUT2D eigenvalue weighted by Crippen LogP contribution is 2.25. The molecule has 0 aliphatic heterocycles. The molecule has 0 aliphatic carbocycles. The van der Waals surface area contributed by atoms with Gasteiger partial charge in [-0.3, -0.25) is 0 Å². The molecule has 3 rings (SSSR count). The predicted octanol–water partition coefficient (Wildman–Crippen LogP) is 4.35. The molecule has 0 radical (unpaired) electrons. The predicted molar refractivity (Wildman–Crippen MR) is 92.4 cm³/mol. The fraction of sp³-hybridized carbons (Fsp3) is 0.167. The number of aromatic nitrogens is 1. The molecule has 0 atom stereocenters. The second kappa shape index (κ2) is 7.78. The first kappa shape index (κ1) is 16.3. The third kappa shape index (κ3) is 3.97. The Hall–Kier alpha value is -2.10. The van der Waals surface area contributed by atoms with Crippen molar-refractivity contribution >= 4 is 22.5 Å². The van der Waals surface area contributed by atoms with Crippen LogP contribution in [0.5, 0.6) is 5.75 Å². The number of hydrogen-bond acceptors (Lipinski definition) is 3. The maximum Gasteiger partial charge on any atom is 0.146 e. The summed E-state index contributed by atoms with van der Waals surface area (Å²) in [5, 5.41) is 1.80. The van der Waals surface area contributed by atoms with Crippen molar-refractivity contribution in [2.24, 2.45) is 5.73 Å². The van der Waals surface area contributed by atoms with Crippen molar-refractivity contribution in [1.29, 1.82) is 0 Å². The van der Waals surface area contributed by atoms with Crippen LogP contribution in [0.15, 0.2) is 54.6 Å². The zero-order chi connectivity index (χ0) is 15.9. The molecule has 0 amide bonds. The van der Waals surface area contributed by atoms with Gasteiger partial charge < -0.3 is 10.5 Å². The standard InChI is InChI=1S/C17H14ClNO.CH5N/c1-12-8-9-14-5-3-7-16(17(14)19-12)20-11-13-4-2-6-15(18)10-13;1-2/h2-10H,11H2,1H3;2H2,1H3. The number of nitrogens with zero attached hydrogens (tertiary/aromatic N) is 1. The zero-order valence-corrected chi connectivity index (χ0v) is 13.5. The topological polar surface area (TPSA) is 48.1 Å². The van der Waals surface area contributed by atoms with Gasteiger partial charge in [-0.25, -0.2) is 4.98 Å². The molecule has 0 bridgehead atoms. The van der Waals surface area contributed by atoms with E-state index >= 15 is 0 Å². The van der Waals surface area contributed by atoms with E-state index in [9.17, 15) is 0 Å². The fourth-order valence-corrected chi connectivity index (χ4v) is 2.33. The Kier molecular flexibility index (Phi) is 5.75. The number of pyridine rings is 1. The van der Waals surface area contributed by atoms with Gasteiger partial charge in [-0.15, -0.1) is 0 Å². The summed E-state index contributed by atoms with van der Waals surface area (Å²) in [6.07, 6.45) is 0. The van der Waals surface area contributed by atoms with Crippen molar-refractivity contribution in [1.82, 2.24) is 4.98 Å². The summed E-state index contributed by atoms with van der Waals surface area (Å²) in [4.78, 5) is 4.55. The normalized spacial score (nSPS) is 10.0. The van der Waals surface area contributed by atoms with Crippen LogP contribution in [0, 0.1) is 6.92 Å². The number of halogens is 1. The number of nitrogens with two attached hydrogens (primary N) is 1. The molecule has 1 heterocycles. The molecule has 0 fully saturated rings. The largest absolute Gasteiger partial charge is 0.487 e. The molecule has 2 N–H and O–H groups in total. The third-order valence-corrected chi connectivity index (χ3v) is 3.34. The summed E-state index contributed by atoms with van der Waals surface area (Å²) in [6, 6.07) is 17.7. The number of hydrogen-bond donors (Lipinski definition) is 1. The monoisotopic (exact) mass is 314 g/mol. The van der Waals surface area contributed by atoms with E-state index in [4.69, 9.17) is 16.3 Å². The fourth-order valence-electron chi connectivity index (χ4n) is 2.12. The van der Waals surface area contributed by atoms with Gasteiger partial charge in [-0.1, -0.05) is 41.9 Å². The average molecular weight is 315 g/mol. The van der Waals surface area contributed by atoms with Crippen molar-refractivity contribution in [3.8, 4) is 5.75 Å². The van der Waals surface area contributed by atoms with Crippen LogP contribution in [-0.4, -0.2) is 12.0 Å². The van der Waals surface area contributed by atoms with E-state index in [0.29, 0.717) is 6.61 Å². The van der Waals surface area contributed by atoms with E-state index in [1.165, 1.54) is 7.05 Å². The third-order valence-electron chi connectivity index (χ3n) is 3.11. The summed E-state index contributed by atoms with van der Waals surface area (Å²) in [7, 11) is 1.50. The van der Waals surface area contributed by atoms with Gasteiger partial charge in [0.05, 0.1) is 0 Å². The van der Waals surface area contributed by atoms with Crippen LogP contribution in [-0.2, 0) is 6.61 Å². The number of benzene rings is 2. The van der Waals surface area contributed by atoms with E-state index in [2.05, 4.69) is 16.8 Å². The lowest BCUT2D eigenvalue weighted by atomic mass is 10.2. The Labute approximate surface area is 135 Å². The maximum atomic E-state index is 5.97. The van der Waals surface area contributed by atoms with Gasteiger partial charge in [0.15, 0.2) is 0 Å². The minimum Gasteiger partial charge on any atom is -0.487 e. The average Bonchev–Trinajstić information content (AvgIpc) is 2.55. The van der Waals surface area contributed by atoms with Crippen LogP contribution < -0.4 is 10.5 Å². The Bertz CT molecular complexity index is 759. The smallest absolute Gasteiger partial charge is 0.146 e. The first-order valence-corrected chi connectivity index (χ1v) is 7.41. The number of rotatable bonds is 3. The Morgan fingerprint density at radius 2 is 1.82 bits per heavy atom. The summed E-state index contributed by atoms with van der Waals surface area (Å²) >= 11 is 5.97. The van der Waals surface area contributed by atoms with Crippen LogP contribution >= 0.6 is 11.6 Å².